The molecule has 8 nitrogen and oxygen atoms in total. The molecule has 0 saturated carbocycles. The zero-order valence-corrected chi connectivity index (χ0v) is 16.3. The van der Waals surface area contributed by atoms with Crippen molar-refractivity contribution in [2.75, 3.05) is 59.0 Å². The average Bonchev–Trinajstić information content (AvgIpc) is 3.37. The number of ether oxygens (including phenoxy) is 1. The molecule has 0 radical (unpaired) electrons. The maximum absolute atomic E-state index is 6.06. The topological polar surface area (TPSA) is 69.4 Å². The van der Waals surface area contributed by atoms with Crippen LogP contribution < -0.4 is 5.32 Å². The van der Waals surface area contributed by atoms with Crippen molar-refractivity contribution in [1.29, 1.82) is 0 Å². The molecule has 3 fully saturated rings. The molecule has 2 atom stereocenters. The van der Waals surface area contributed by atoms with Gasteiger partial charge in [0.1, 0.15) is 6.26 Å². The summed E-state index contributed by atoms with van der Waals surface area (Å²) < 4.78 is 11.0. The van der Waals surface area contributed by atoms with Crippen molar-refractivity contribution < 1.29 is 9.26 Å². The fourth-order valence-electron chi connectivity index (χ4n) is 4.28. The van der Waals surface area contributed by atoms with Crippen molar-refractivity contribution in [3.8, 4) is 0 Å². The number of morpholine rings is 1. The molecule has 4 rings (SSSR count). The highest BCUT2D eigenvalue weighted by molar-refractivity contribution is 5.80. The number of guanidine groups is 1. The van der Waals surface area contributed by atoms with Gasteiger partial charge in [0.15, 0.2) is 5.96 Å². The maximum atomic E-state index is 6.06. The third-order valence-corrected chi connectivity index (χ3v) is 5.79. The Morgan fingerprint density at radius 2 is 2.19 bits per heavy atom. The van der Waals surface area contributed by atoms with Crippen LogP contribution in [0.1, 0.15) is 25.5 Å². The molecule has 150 valence electrons. The second kappa shape index (κ2) is 9.03. The van der Waals surface area contributed by atoms with Crippen LogP contribution in [0.15, 0.2) is 21.8 Å². The number of fused-ring (bicyclic) bond motifs is 1. The predicted octanol–water partition coefficient (Wildman–Crippen LogP) is 0.621. The van der Waals surface area contributed by atoms with E-state index >= 15 is 0 Å². The van der Waals surface area contributed by atoms with Crippen LogP contribution in [0.3, 0.4) is 0 Å². The smallest absolute Gasteiger partial charge is 0.194 e. The van der Waals surface area contributed by atoms with Crippen molar-refractivity contribution >= 4 is 5.96 Å². The molecule has 0 aromatic carbocycles. The van der Waals surface area contributed by atoms with E-state index in [9.17, 15) is 0 Å². The van der Waals surface area contributed by atoms with Crippen LogP contribution in [0.25, 0.3) is 0 Å². The first-order valence-corrected chi connectivity index (χ1v) is 10.3. The third kappa shape index (κ3) is 4.80. The molecule has 3 aliphatic rings. The number of nitrogens with zero attached hydrogens (tertiary/aromatic N) is 5. The van der Waals surface area contributed by atoms with Gasteiger partial charge in [-0.1, -0.05) is 5.16 Å². The lowest BCUT2D eigenvalue weighted by molar-refractivity contribution is -0.0433. The Bertz CT molecular complexity index is 599. The van der Waals surface area contributed by atoms with E-state index in [2.05, 4.69) is 32.1 Å². The van der Waals surface area contributed by atoms with Gasteiger partial charge in [-0.15, -0.1) is 0 Å². The molecule has 1 aromatic heterocycles. The predicted molar refractivity (Wildman–Crippen MR) is 104 cm³/mol. The highest BCUT2D eigenvalue weighted by atomic mass is 16.5. The SMILES string of the molecule is CCNC(=NCC1CN2CCCC2CO1)N1CCN(Cc2ccon2)CC1. The second-order valence-corrected chi connectivity index (χ2v) is 7.69. The van der Waals surface area contributed by atoms with E-state index in [1.165, 1.54) is 19.4 Å². The van der Waals surface area contributed by atoms with Crippen molar-refractivity contribution in [3.63, 3.8) is 0 Å². The van der Waals surface area contributed by atoms with E-state index in [1.807, 2.05) is 6.07 Å². The van der Waals surface area contributed by atoms with Gasteiger partial charge in [0.05, 0.1) is 24.9 Å². The molecule has 0 aliphatic carbocycles. The lowest BCUT2D eigenvalue weighted by Gasteiger charge is -2.37. The quantitative estimate of drug-likeness (QED) is 0.597. The van der Waals surface area contributed by atoms with E-state index in [4.69, 9.17) is 14.3 Å². The lowest BCUT2D eigenvalue weighted by atomic mass is 10.2. The largest absolute Gasteiger partial charge is 0.373 e. The summed E-state index contributed by atoms with van der Waals surface area (Å²) in [7, 11) is 0. The van der Waals surface area contributed by atoms with Crippen molar-refractivity contribution in [2.45, 2.75) is 38.5 Å². The molecule has 0 amide bonds. The number of hydrogen-bond donors (Lipinski definition) is 1. The monoisotopic (exact) mass is 376 g/mol. The van der Waals surface area contributed by atoms with Crippen LogP contribution in [0.2, 0.25) is 0 Å². The molecule has 1 N–H and O–H groups in total. The standard InChI is InChI=1S/C19H32N6O2/c1-2-20-19(21-12-18-14-25-6-3-4-17(25)15-26-18)24-9-7-23(8-10-24)13-16-5-11-27-22-16/h5,11,17-18H,2-4,6-10,12-15H2,1H3,(H,20,21). The summed E-state index contributed by atoms with van der Waals surface area (Å²) in [4.78, 5) is 12.3. The van der Waals surface area contributed by atoms with Crippen LogP contribution in [0, 0.1) is 0 Å². The second-order valence-electron chi connectivity index (χ2n) is 7.69. The minimum Gasteiger partial charge on any atom is -0.373 e. The Hall–Kier alpha value is -1.64. The first-order chi connectivity index (χ1) is 13.3. The van der Waals surface area contributed by atoms with Crippen LogP contribution in [-0.4, -0.2) is 96.9 Å². The van der Waals surface area contributed by atoms with Crippen LogP contribution >= 0.6 is 0 Å². The van der Waals surface area contributed by atoms with Crippen molar-refractivity contribution in [1.82, 2.24) is 25.2 Å². The number of aliphatic imine (C=N–C) groups is 1. The molecule has 27 heavy (non-hydrogen) atoms. The number of rotatable bonds is 5. The Labute approximate surface area is 161 Å². The number of aromatic nitrogens is 1. The Kier molecular flexibility index (Phi) is 6.26. The minimum atomic E-state index is 0.224. The summed E-state index contributed by atoms with van der Waals surface area (Å²) in [5.74, 6) is 1.02. The molecule has 0 bridgehead atoms. The summed E-state index contributed by atoms with van der Waals surface area (Å²) >= 11 is 0. The molecular formula is C19H32N6O2. The molecule has 0 spiro atoms. The van der Waals surface area contributed by atoms with Crippen molar-refractivity contribution in [2.24, 2.45) is 4.99 Å². The number of hydrogen-bond acceptors (Lipinski definition) is 6. The summed E-state index contributed by atoms with van der Waals surface area (Å²) in [6.07, 6.45) is 4.46. The van der Waals surface area contributed by atoms with Gasteiger partial charge in [-0.3, -0.25) is 14.8 Å². The summed E-state index contributed by atoms with van der Waals surface area (Å²) in [5, 5.41) is 7.47. The van der Waals surface area contributed by atoms with E-state index in [0.717, 1.165) is 70.6 Å². The molecule has 8 heteroatoms. The molecular weight excluding hydrogens is 344 g/mol. The average molecular weight is 377 g/mol. The Morgan fingerprint density at radius 3 is 2.96 bits per heavy atom. The number of nitrogens with one attached hydrogen (secondary N) is 1. The first kappa shape index (κ1) is 18.7. The zero-order chi connectivity index (χ0) is 18.5. The third-order valence-electron chi connectivity index (χ3n) is 5.79. The van der Waals surface area contributed by atoms with Crippen LogP contribution in [-0.2, 0) is 11.3 Å². The van der Waals surface area contributed by atoms with E-state index in [-0.39, 0.29) is 6.10 Å². The molecule has 4 heterocycles. The minimum absolute atomic E-state index is 0.224. The van der Waals surface area contributed by atoms with Crippen LogP contribution in [0.5, 0.6) is 0 Å². The number of piperazine rings is 1. The van der Waals surface area contributed by atoms with E-state index < -0.39 is 0 Å². The molecule has 1 aromatic rings. The van der Waals surface area contributed by atoms with Gasteiger partial charge in [-0.25, -0.2) is 0 Å². The van der Waals surface area contributed by atoms with Gasteiger partial charge in [0.2, 0.25) is 0 Å². The molecule has 2 unspecified atom stereocenters. The fourth-order valence-corrected chi connectivity index (χ4v) is 4.28. The van der Waals surface area contributed by atoms with Crippen LogP contribution in [0.4, 0.5) is 0 Å². The van der Waals surface area contributed by atoms with Crippen molar-refractivity contribution in [3.05, 3.63) is 18.0 Å². The van der Waals surface area contributed by atoms with Gasteiger partial charge in [-0.05, 0) is 26.3 Å². The zero-order valence-electron chi connectivity index (χ0n) is 16.3. The molecule has 3 saturated heterocycles. The Balaban J connectivity index is 1.27. The van der Waals surface area contributed by atoms with E-state index in [0.29, 0.717) is 6.04 Å². The van der Waals surface area contributed by atoms with Gasteiger partial charge in [0.25, 0.3) is 0 Å². The van der Waals surface area contributed by atoms with Gasteiger partial charge >= 0.3 is 0 Å². The normalized spacial score (nSPS) is 27.7. The highest BCUT2D eigenvalue weighted by Gasteiger charge is 2.32. The molecule has 3 aliphatic heterocycles. The summed E-state index contributed by atoms with van der Waals surface area (Å²) in [6, 6.07) is 2.59. The fraction of sp³-hybridized carbons (Fsp3) is 0.789. The van der Waals surface area contributed by atoms with Gasteiger partial charge in [-0.2, -0.15) is 0 Å². The van der Waals surface area contributed by atoms with Gasteiger partial charge in [0, 0.05) is 57.9 Å². The summed E-state index contributed by atoms with van der Waals surface area (Å²) in [5.41, 5.74) is 0.999. The summed E-state index contributed by atoms with van der Waals surface area (Å²) in [6.45, 7) is 11.7. The Morgan fingerprint density at radius 1 is 1.30 bits per heavy atom. The first-order valence-electron chi connectivity index (χ1n) is 10.3. The lowest BCUT2D eigenvalue weighted by Crippen LogP contribution is -2.52. The maximum Gasteiger partial charge on any atom is 0.194 e. The highest BCUT2D eigenvalue weighted by Crippen LogP contribution is 2.22. The van der Waals surface area contributed by atoms with E-state index in [1.54, 1.807) is 6.26 Å². The van der Waals surface area contributed by atoms with Gasteiger partial charge < -0.3 is 19.5 Å².